The molecule has 2 heterocycles. The van der Waals surface area contributed by atoms with Crippen LogP contribution in [0.15, 0.2) is 42.5 Å². The number of halogens is 3. The van der Waals surface area contributed by atoms with Crippen molar-refractivity contribution in [3.05, 3.63) is 64.7 Å². The van der Waals surface area contributed by atoms with Crippen molar-refractivity contribution >= 4 is 18.0 Å². The van der Waals surface area contributed by atoms with Crippen molar-refractivity contribution in [3.8, 4) is 11.5 Å². The number of likely N-dealkylation sites (N-methyl/N-ethyl adjacent to an activating group) is 1. The zero-order valence-electron chi connectivity index (χ0n) is 24.2. The molecule has 1 spiro atoms. The van der Waals surface area contributed by atoms with E-state index in [1.54, 1.807) is 18.0 Å². The SMILES string of the molecule is CC(=O)O[C@@]12CCC(N(C)C(=O)/C=C/c3ccc(C(F)(F)F)cc3)C3Oc4c(O)ccc5c4[C@@]31CCN(CC1CC1)[C@@H]2C5. The summed E-state index contributed by atoms with van der Waals surface area (Å²) in [7, 11) is 1.70. The number of carbonyl (C=O) groups is 2. The van der Waals surface area contributed by atoms with Gasteiger partial charge in [0.1, 0.15) is 11.7 Å². The van der Waals surface area contributed by atoms with Gasteiger partial charge in [-0.2, -0.15) is 13.2 Å². The quantitative estimate of drug-likeness (QED) is 0.370. The van der Waals surface area contributed by atoms with Gasteiger partial charge in [0, 0.05) is 32.2 Å². The molecule has 1 N–H and O–H groups in total. The number of ether oxygens (including phenoxy) is 2. The Balaban J connectivity index is 1.24. The first kappa shape index (κ1) is 28.3. The van der Waals surface area contributed by atoms with Crippen molar-refractivity contribution in [2.24, 2.45) is 5.92 Å². The third-order valence-electron chi connectivity index (χ3n) is 10.5. The van der Waals surface area contributed by atoms with Crippen molar-refractivity contribution < 1.29 is 37.3 Å². The van der Waals surface area contributed by atoms with E-state index < -0.39 is 28.9 Å². The number of rotatable bonds is 6. The summed E-state index contributed by atoms with van der Waals surface area (Å²) in [4.78, 5) is 30.4. The molecule has 10 heteroatoms. The average molecular weight is 597 g/mol. The van der Waals surface area contributed by atoms with Gasteiger partial charge < -0.3 is 19.5 Å². The second-order valence-corrected chi connectivity index (χ2v) is 12.9. The molecule has 2 bridgehead atoms. The van der Waals surface area contributed by atoms with Crippen molar-refractivity contribution in [1.82, 2.24) is 9.80 Å². The predicted molar refractivity (Wildman–Crippen MR) is 151 cm³/mol. The van der Waals surface area contributed by atoms with Crippen LogP contribution in [0.5, 0.6) is 11.5 Å². The van der Waals surface area contributed by atoms with Gasteiger partial charge in [0.25, 0.3) is 0 Å². The second-order valence-electron chi connectivity index (χ2n) is 12.9. The molecule has 2 unspecified atom stereocenters. The summed E-state index contributed by atoms with van der Waals surface area (Å²) in [6, 6.07) is 7.84. The van der Waals surface area contributed by atoms with Crippen LogP contribution in [-0.4, -0.2) is 70.7 Å². The number of nitrogens with zero attached hydrogens (tertiary/aromatic N) is 2. The number of alkyl halides is 3. The molecule has 3 fully saturated rings. The molecule has 0 aromatic heterocycles. The minimum atomic E-state index is -4.43. The summed E-state index contributed by atoms with van der Waals surface area (Å²) in [6.07, 6.45) is 2.72. The van der Waals surface area contributed by atoms with E-state index in [0.29, 0.717) is 42.9 Å². The second kappa shape index (κ2) is 9.74. The molecule has 7 nitrogen and oxygen atoms in total. The number of esters is 1. The number of likely N-dealkylation sites (tertiary alicyclic amines) is 1. The summed E-state index contributed by atoms with van der Waals surface area (Å²) in [5.41, 5.74) is 0.120. The number of piperidine rings is 1. The Bertz CT molecular complexity index is 1500. The fourth-order valence-electron chi connectivity index (χ4n) is 8.52. The zero-order chi connectivity index (χ0) is 30.3. The largest absolute Gasteiger partial charge is 0.504 e. The van der Waals surface area contributed by atoms with Gasteiger partial charge >= 0.3 is 12.1 Å². The molecule has 5 atom stereocenters. The molecule has 5 aliphatic rings. The molecule has 0 radical (unpaired) electrons. The Morgan fingerprint density at radius 3 is 2.56 bits per heavy atom. The first-order valence-electron chi connectivity index (χ1n) is 15.0. The first-order valence-corrected chi connectivity index (χ1v) is 15.0. The number of amides is 1. The van der Waals surface area contributed by atoms with Gasteiger partial charge in [-0.15, -0.1) is 0 Å². The number of hydrogen-bond acceptors (Lipinski definition) is 6. The number of hydrogen-bond donors (Lipinski definition) is 1. The van der Waals surface area contributed by atoms with Crippen LogP contribution in [0.3, 0.4) is 0 Å². The van der Waals surface area contributed by atoms with Crippen LogP contribution in [0.2, 0.25) is 0 Å². The van der Waals surface area contributed by atoms with E-state index in [9.17, 15) is 27.9 Å². The molecule has 43 heavy (non-hydrogen) atoms. The fourth-order valence-corrected chi connectivity index (χ4v) is 8.52. The van der Waals surface area contributed by atoms with Gasteiger partial charge in [-0.25, -0.2) is 0 Å². The Morgan fingerprint density at radius 1 is 1.14 bits per heavy atom. The first-order chi connectivity index (χ1) is 20.4. The maximum atomic E-state index is 13.5. The summed E-state index contributed by atoms with van der Waals surface area (Å²) in [6.45, 7) is 3.22. The fraction of sp³-hybridized carbons (Fsp3) is 0.515. The lowest BCUT2D eigenvalue weighted by atomic mass is 9.48. The summed E-state index contributed by atoms with van der Waals surface area (Å²) in [5, 5.41) is 11.0. The van der Waals surface area contributed by atoms with Crippen molar-refractivity contribution in [1.29, 1.82) is 0 Å². The Hall–Kier alpha value is -3.53. The van der Waals surface area contributed by atoms with Crippen LogP contribution in [-0.2, 0) is 32.3 Å². The molecule has 2 aromatic carbocycles. The number of phenolic OH excluding ortho intramolecular Hbond substituents is 1. The van der Waals surface area contributed by atoms with Gasteiger partial charge in [0.2, 0.25) is 5.91 Å². The molecule has 1 amide bonds. The van der Waals surface area contributed by atoms with Gasteiger partial charge in [0.05, 0.1) is 23.1 Å². The highest BCUT2D eigenvalue weighted by molar-refractivity contribution is 5.92. The highest BCUT2D eigenvalue weighted by Gasteiger charge is 2.75. The Morgan fingerprint density at radius 2 is 1.88 bits per heavy atom. The van der Waals surface area contributed by atoms with E-state index in [4.69, 9.17) is 9.47 Å². The Kier molecular flexibility index (Phi) is 6.40. The maximum Gasteiger partial charge on any atom is 0.416 e. The van der Waals surface area contributed by atoms with Crippen LogP contribution in [0.4, 0.5) is 13.2 Å². The lowest BCUT2D eigenvalue weighted by Gasteiger charge is -2.65. The van der Waals surface area contributed by atoms with Gasteiger partial charge in [-0.1, -0.05) is 18.2 Å². The van der Waals surface area contributed by atoms with Crippen LogP contribution in [0.1, 0.15) is 61.3 Å². The molecule has 2 saturated carbocycles. The molecular formula is C33H35F3N2O5. The molecule has 3 aliphatic carbocycles. The Labute approximate surface area is 248 Å². The molecule has 1 saturated heterocycles. The minimum absolute atomic E-state index is 0.0352. The van der Waals surface area contributed by atoms with E-state index in [-0.39, 0.29) is 29.7 Å². The number of carbonyl (C=O) groups excluding carboxylic acids is 2. The summed E-state index contributed by atoms with van der Waals surface area (Å²) < 4.78 is 52.0. The minimum Gasteiger partial charge on any atom is -0.504 e. The van der Waals surface area contributed by atoms with Crippen molar-refractivity contribution in [2.75, 3.05) is 20.1 Å². The standard InChI is InChI=1S/C33H35F3N2O5/c1-19(39)43-32-14-13-24(37(2)27(41)12-7-20-5-9-23(10-6-20)33(34,35)36)30-31(32)15-16-38(18-21-3-4-21)26(32)17-22-8-11-25(40)29(42-30)28(22)31/h5-12,21,24,26,30,40H,3-4,13-18H2,1-2H3/b12-7+/t24?,26-,30?,31+,32-/m1/s1. The normalized spacial score (nSPS) is 31.0. The number of aromatic hydroxyl groups is 1. The third-order valence-corrected chi connectivity index (χ3v) is 10.5. The van der Waals surface area contributed by atoms with E-state index in [1.165, 1.54) is 44.1 Å². The molecule has 2 aromatic rings. The predicted octanol–water partition coefficient (Wildman–Crippen LogP) is 5.09. The van der Waals surface area contributed by atoms with E-state index in [0.717, 1.165) is 36.3 Å². The summed E-state index contributed by atoms with van der Waals surface area (Å²) >= 11 is 0. The molecule has 2 aliphatic heterocycles. The number of benzene rings is 2. The van der Waals surface area contributed by atoms with E-state index in [2.05, 4.69) is 4.90 Å². The molecule has 228 valence electrons. The highest BCUT2D eigenvalue weighted by atomic mass is 19.4. The highest BCUT2D eigenvalue weighted by Crippen LogP contribution is 2.67. The lowest BCUT2D eigenvalue weighted by molar-refractivity contribution is -0.223. The van der Waals surface area contributed by atoms with Crippen LogP contribution in [0, 0.1) is 5.92 Å². The monoisotopic (exact) mass is 596 g/mol. The average Bonchev–Trinajstić information content (AvgIpc) is 3.70. The van der Waals surface area contributed by atoms with Gasteiger partial charge in [0.15, 0.2) is 11.5 Å². The van der Waals surface area contributed by atoms with Crippen LogP contribution >= 0.6 is 0 Å². The molecular weight excluding hydrogens is 561 g/mol. The van der Waals surface area contributed by atoms with E-state index >= 15 is 0 Å². The topological polar surface area (TPSA) is 79.3 Å². The van der Waals surface area contributed by atoms with Crippen molar-refractivity contribution in [3.63, 3.8) is 0 Å². The van der Waals surface area contributed by atoms with E-state index in [1.807, 2.05) is 6.07 Å². The maximum absolute atomic E-state index is 13.5. The van der Waals surface area contributed by atoms with Gasteiger partial charge in [-0.3, -0.25) is 14.5 Å². The molecule has 7 rings (SSSR count). The van der Waals surface area contributed by atoms with Gasteiger partial charge in [-0.05, 0) is 86.4 Å². The van der Waals surface area contributed by atoms with Crippen LogP contribution in [0.25, 0.3) is 6.08 Å². The smallest absolute Gasteiger partial charge is 0.416 e. The van der Waals surface area contributed by atoms with Crippen molar-refractivity contribution in [2.45, 2.75) is 80.8 Å². The van der Waals surface area contributed by atoms with Crippen LogP contribution < -0.4 is 4.74 Å². The summed E-state index contributed by atoms with van der Waals surface area (Å²) in [5.74, 6) is 0.446. The third kappa shape index (κ3) is 4.27. The zero-order valence-corrected chi connectivity index (χ0v) is 24.2. The number of phenols is 1. The lowest BCUT2D eigenvalue weighted by Crippen LogP contribution is -2.79.